The summed E-state index contributed by atoms with van der Waals surface area (Å²) in [6, 6.07) is -0.774. The summed E-state index contributed by atoms with van der Waals surface area (Å²) in [5.41, 5.74) is 6.62. The van der Waals surface area contributed by atoms with E-state index in [0.717, 1.165) is 0 Å². The van der Waals surface area contributed by atoms with E-state index in [4.69, 9.17) is 22.4 Å². The number of aliphatic carboxylic acids is 1. The van der Waals surface area contributed by atoms with Gasteiger partial charge in [-0.25, -0.2) is 0 Å². The molecule has 11 heavy (non-hydrogen) atoms. The zero-order chi connectivity index (χ0) is 8.69. The normalized spacial score (nSPS) is 13.6. The van der Waals surface area contributed by atoms with E-state index >= 15 is 0 Å². The van der Waals surface area contributed by atoms with Crippen LogP contribution in [0.1, 0.15) is 0 Å². The van der Waals surface area contributed by atoms with Crippen LogP contribution in [0.25, 0.3) is 0 Å². The van der Waals surface area contributed by atoms with Gasteiger partial charge in [0.15, 0.2) is 0 Å². The van der Waals surface area contributed by atoms with Gasteiger partial charge in [-0.05, 0) is 0 Å². The van der Waals surface area contributed by atoms with Crippen molar-refractivity contribution in [2.75, 3.05) is 11.5 Å². The summed E-state index contributed by atoms with van der Waals surface area (Å²) in [6.45, 7) is 0. The second kappa shape index (κ2) is 6.52. The zero-order valence-corrected chi connectivity index (χ0v) is 7.44. The molecule has 0 aromatic carbocycles. The Labute approximate surface area is 74.6 Å². The van der Waals surface area contributed by atoms with Gasteiger partial charge in [0, 0.05) is 17.0 Å². The number of carbonyl (C=O) groups is 1. The highest BCUT2D eigenvalue weighted by molar-refractivity contribution is 7.99. The van der Waals surface area contributed by atoms with Gasteiger partial charge in [-0.1, -0.05) is 17.7 Å². The maximum Gasteiger partial charge on any atom is 0.321 e. The molecule has 0 aliphatic heterocycles. The standard InChI is InChI=1S/C6H10ClNO2S/c7-2-1-3-11-4-5(8)6(9)10/h1-2,5H,3-4,8H2,(H,9,10)/b2-1+/t5-/m1/s1. The molecule has 0 radical (unpaired) electrons. The fourth-order valence-electron chi connectivity index (χ4n) is 0.371. The van der Waals surface area contributed by atoms with Crippen LogP contribution in [0.2, 0.25) is 0 Å². The minimum Gasteiger partial charge on any atom is -0.480 e. The number of thioether (sulfide) groups is 1. The third-order valence-electron chi connectivity index (χ3n) is 0.918. The van der Waals surface area contributed by atoms with Gasteiger partial charge < -0.3 is 10.8 Å². The molecule has 0 saturated heterocycles. The Hall–Kier alpha value is -0.190. The molecule has 3 N–H and O–H groups in total. The number of carboxylic acid groups (broad SMARTS) is 1. The molecule has 5 heteroatoms. The molecule has 0 aromatic rings. The number of carboxylic acids is 1. The predicted molar refractivity (Wildman–Crippen MR) is 47.9 cm³/mol. The molecular formula is C6H10ClNO2S. The summed E-state index contributed by atoms with van der Waals surface area (Å²) in [7, 11) is 0. The molecular weight excluding hydrogens is 186 g/mol. The summed E-state index contributed by atoms with van der Waals surface area (Å²) in [5.74, 6) is 0.147. The Bertz CT molecular complexity index is 152. The van der Waals surface area contributed by atoms with Crippen LogP contribution in [0, 0.1) is 0 Å². The first-order valence-corrected chi connectivity index (χ1v) is 4.59. The molecule has 0 fully saturated rings. The van der Waals surface area contributed by atoms with Gasteiger partial charge in [-0.15, -0.1) is 0 Å². The minimum absolute atomic E-state index is 0.413. The fourth-order valence-corrected chi connectivity index (χ4v) is 1.33. The number of halogens is 1. The van der Waals surface area contributed by atoms with E-state index in [1.165, 1.54) is 17.3 Å². The van der Waals surface area contributed by atoms with Crippen LogP contribution in [-0.4, -0.2) is 28.6 Å². The summed E-state index contributed by atoms with van der Waals surface area (Å²) in [4.78, 5) is 10.2. The van der Waals surface area contributed by atoms with E-state index in [0.29, 0.717) is 11.5 Å². The highest BCUT2D eigenvalue weighted by atomic mass is 35.5. The predicted octanol–water partition coefficient (Wildman–Crippen LogP) is 0.884. The summed E-state index contributed by atoms with van der Waals surface area (Å²) in [5, 5.41) is 8.36. The highest BCUT2D eigenvalue weighted by Crippen LogP contribution is 2.02. The monoisotopic (exact) mass is 195 g/mol. The third-order valence-corrected chi connectivity index (χ3v) is 2.12. The number of hydrogen-bond acceptors (Lipinski definition) is 3. The molecule has 0 heterocycles. The number of hydrogen-bond donors (Lipinski definition) is 2. The van der Waals surface area contributed by atoms with E-state index in [2.05, 4.69) is 0 Å². The number of nitrogens with two attached hydrogens (primary N) is 1. The van der Waals surface area contributed by atoms with Crippen molar-refractivity contribution < 1.29 is 9.90 Å². The van der Waals surface area contributed by atoms with E-state index in [1.54, 1.807) is 6.08 Å². The van der Waals surface area contributed by atoms with Gasteiger partial charge in [-0.3, -0.25) is 4.79 Å². The first kappa shape index (κ1) is 10.8. The van der Waals surface area contributed by atoms with Gasteiger partial charge in [0.25, 0.3) is 0 Å². The number of rotatable bonds is 5. The van der Waals surface area contributed by atoms with Gasteiger partial charge in [0.1, 0.15) is 6.04 Å². The van der Waals surface area contributed by atoms with Crippen molar-refractivity contribution >= 4 is 29.3 Å². The summed E-state index contributed by atoms with van der Waals surface area (Å²) >= 11 is 6.68. The molecule has 3 nitrogen and oxygen atoms in total. The van der Waals surface area contributed by atoms with Crippen LogP contribution >= 0.6 is 23.4 Å². The summed E-state index contributed by atoms with van der Waals surface area (Å²) in [6.07, 6.45) is 1.74. The van der Waals surface area contributed by atoms with Crippen molar-refractivity contribution in [3.8, 4) is 0 Å². The van der Waals surface area contributed by atoms with Crippen LogP contribution in [0.15, 0.2) is 11.6 Å². The molecule has 0 aromatic heterocycles. The van der Waals surface area contributed by atoms with Crippen molar-refractivity contribution in [1.82, 2.24) is 0 Å². The molecule has 0 bridgehead atoms. The Morgan fingerprint density at radius 1 is 1.82 bits per heavy atom. The van der Waals surface area contributed by atoms with Gasteiger partial charge in [-0.2, -0.15) is 11.8 Å². The Morgan fingerprint density at radius 2 is 2.45 bits per heavy atom. The van der Waals surface area contributed by atoms with Gasteiger partial charge in [0.2, 0.25) is 0 Å². The van der Waals surface area contributed by atoms with E-state index in [1.807, 2.05) is 0 Å². The molecule has 64 valence electrons. The highest BCUT2D eigenvalue weighted by Gasteiger charge is 2.09. The van der Waals surface area contributed by atoms with E-state index < -0.39 is 12.0 Å². The third kappa shape index (κ3) is 6.22. The smallest absolute Gasteiger partial charge is 0.321 e. The molecule has 0 saturated carbocycles. The first-order chi connectivity index (χ1) is 5.18. The topological polar surface area (TPSA) is 63.3 Å². The lowest BCUT2D eigenvalue weighted by Gasteiger charge is -2.02. The molecule has 0 rings (SSSR count). The first-order valence-electron chi connectivity index (χ1n) is 3.00. The second-order valence-electron chi connectivity index (χ2n) is 1.84. The van der Waals surface area contributed by atoms with Crippen molar-refractivity contribution in [1.29, 1.82) is 0 Å². The summed E-state index contributed by atoms with van der Waals surface area (Å²) < 4.78 is 0. The lowest BCUT2D eigenvalue weighted by atomic mass is 10.4. The molecule has 0 unspecified atom stereocenters. The Balaban J connectivity index is 3.31. The zero-order valence-electron chi connectivity index (χ0n) is 5.87. The van der Waals surface area contributed by atoms with Crippen molar-refractivity contribution in [2.24, 2.45) is 5.73 Å². The lowest BCUT2D eigenvalue weighted by molar-refractivity contribution is -0.137. The average molecular weight is 196 g/mol. The Morgan fingerprint density at radius 3 is 2.91 bits per heavy atom. The van der Waals surface area contributed by atoms with Crippen molar-refractivity contribution in [3.63, 3.8) is 0 Å². The molecule has 1 atom stereocenters. The van der Waals surface area contributed by atoms with E-state index in [9.17, 15) is 4.79 Å². The molecule has 0 spiro atoms. The second-order valence-corrected chi connectivity index (χ2v) is 3.17. The van der Waals surface area contributed by atoms with Crippen LogP contribution < -0.4 is 5.73 Å². The molecule has 0 aliphatic rings. The van der Waals surface area contributed by atoms with Gasteiger partial charge >= 0.3 is 5.97 Å². The largest absolute Gasteiger partial charge is 0.480 e. The fraction of sp³-hybridized carbons (Fsp3) is 0.500. The maximum absolute atomic E-state index is 10.2. The maximum atomic E-state index is 10.2. The lowest BCUT2D eigenvalue weighted by Crippen LogP contribution is -2.32. The SMILES string of the molecule is N[C@H](CSC/C=C/Cl)C(=O)O. The Kier molecular flexibility index (Phi) is 6.40. The van der Waals surface area contributed by atoms with Crippen molar-refractivity contribution in [2.45, 2.75) is 6.04 Å². The van der Waals surface area contributed by atoms with Crippen LogP contribution in [0.4, 0.5) is 0 Å². The van der Waals surface area contributed by atoms with Crippen LogP contribution in [0.3, 0.4) is 0 Å². The average Bonchev–Trinajstić information content (AvgIpc) is 1.97. The van der Waals surface area contributed by atoms with Crippen molar-refractivity contribution in [3.05, 3.63) is 11.6 Å². The molecule has 0 aliphatic carbocycles. The molecule has 0 amide bonds. The van der Waals surface area contributed by atoms with Gasteiger partial charge in [0.05, 0.1) is 0 Å². The van der Waals surface area contributed by atoms with Crippen LogP contribution in [0.5, 0.6) is 0 Å². The quantitative estimate of drug-likeness (QED) is 0.640. The van der Waals surface area contributed by atoms with Crippen LogP contribution in [-0.2, 0) is 4.79 Å². The van der Waals surface area contributed by atoms with E-state index in [-0.39, 0.29) is 0 Å². The minimum atomic E-state index is -0.965.